The van der Waals surface area contributed by atoms with Crippen LogP contribution in [0.5, 0.6) is 0 Å². The van der Waals surface area contributed by atoms with E-state index in [4.69, 9.17) is 17.2 Å². The van der Waals surface area contributed by atoms with Gasteiger partial charge in [0.2, 0.25) is 17.7 Å². The molecule has 39 heavy (non-hydrogen) atoms. The van der Waals surface area contributed by atoms with E-state index >= 15 is 0 Å². The molecule has 0 saturated heterocycles. The Morgan fingerprint density at radius 1 is 0.436 bits per heavy atom. The lowest BCUT2D eigenvalue weighted by Crippen LogP contribution is -2.25. The zero-order valence-electron chi connectivity index (χ0n) is 20.8. The number of primary amides is 3. The van der Waals surface area contributed by atoms with E-state index in [1.165, 1.54) is 0 Å². The number of aliphatic hydroxyl groups excluding tert-OH is 3. The van der Waals surface area contributed by atoms with Crippen molar-refractivity contribution in [3.05, 3.63) is 106 Å². The molecule has 0 aromatic heterocycles. The molecule has 0 atom stereocenters. The first-order valence-electron chi connectivity index (χ1n) is 12.0. The number of aliphatic hydroxyl groups is 3. The second-order valence-electron chi connectivity index (χ2n) is 8.91. The van der Waals surface area contributed by atoms with E-state index in [2.05, 4.69) is 0 Å². The van der Waals surface area contributed by atoms with Gasteiger partial charge in [0.1, 0.15) is 0 Å². The van der Waals surface area contributed by atoms with Gasteiger partial charge in [-0.25, -0.2) is 0 Å². The van der Waals surface area contributed by atoms with Crippen molar-refractivity contribution in [2.24, 2.45) is 17.2 Å². The van der Waals surface area contributed by atoms with Crippen molar-refractivity contribution in [3.8, 4) is 33.4 Å². The zero-order valence-corrected chi connectivity index (χ0v) is 20.8. The van der Waals surface area contributed by atoms with E-state index in [1.54, 1.807) is 72.8 Å². The maximum atomic E-state index is 13.1. The molecule has 9 N–H and O–H groups in total. The molecule has 0 spiro atoms. The molecule has 9 nitrogen and oxygen atoms in total. The quantitative estimate of drug-likeness (QED) is 0.194. The molecular formula is C30H27N3O6. The average Bonchev–Trinajstić information content (AvgIpc) is 2.95. The largest absolute Gasteiger partial charge is 0.392 e. The fourth-order valence-electron chi connectivity index (χ4n) is 4.69. The summed E-state index contributed by atoms with van der Waals surface area (Å²) in [5.41, 5.74) is 20.6. The molecule has 198 valence electrons. The zero-order chi connectivity index (χ0) is 28.3. The second-order valence-corrected chi connectivity index (χ2v) is 8.91. The summed E-state index contributed by atoms with van der Waals surface area (Å²) in [7, 11) is 0. The molecule has 0 bridgehead atoms. The lowest BCUT2D eigenvalue weighted by atomic mass is 9.78. The fourth-order valence-corrected chi connectivity index (χ4v) is 4.69. The maximum absolute atomic E-state index is 13.1. The monoisotopic (exact) mass is 525 g/mol. The van der Waals surface area contributed by atoms with Crippen LogP contribution in [0.3, 0.4) is 0 Å². The third-order valence-electron chi connectivity index (χ3n) is 6.51. The van der Waals surface area contributed by atoms with Crippen molar-refractivity contribution in [3.63, 3.8) is 0 Å². The fraction of sp³-hybridized carbons (Fsp3) is 0.100. The Balaban J connectivity index is 2.28. The summed E-state index contributed by atoms with van der Waals surface area (Å²) in [6.07, 6.45) is 0. The van der Waals surface area contributed by atoms with Crippen LogP contribution >= 0.6 is 0 Å². The number of carbonyl (C=O) groups excluding carboxylic acids is 3. The van der Waals surface area contributed by atoms with Gasteiger partial charge in [-0.2, -0.15) is 0 Å². The SMILES string of the molecule is NC(=O)c1c(-c2ccc(CO)cc2)c(C(N)=O)c(-c2ccc(CO)cc2)c(C(N)=O)c1-c1ccc(CO)cc1. The summed E-state index contributed by atoms with van der Waals surface area (Å²) >= 11 is 0. The number of rotatable bonds is 9. The standard InChI is InChI=1S/C30H27N3O6/c31-28(37)25-22(19-7-1-16(13-34)2-8-19)26(29(32)38)24(21-11-5-18(15-36)6-12-21)27(30(33)39)23(25)20-9-3-17(14-35)4-10-20/h1-12,34-36H,13-15H2,(H2,31,37)(H2,32,38)(H2,33,39). The van der Waals surface area contributed by atoms with Crippen LogP contribution in [0.4, 0.5) is 0 Å². The van der Waals surface area contributed by atoms with Crippen molar-refractivity contribution in [2.75, 3.05) is 0 Å². The first kappa shape index (κ1) is 27.2. The van der Waals surface area contributed by atoms with E-state index < -0.39 is 17.7 Å². The minimum atomic E-state index is -0.926. The highest BCUT2D eigenvalue weighted by molar-refractivity contribution is 6.22. The van der Waals surface area contributed by atoms with Crippen molar-refractivity contribution in [1.82, 2.24) is 0 Å². The summed E-state index contributed by atoms with van der Waals surface area (Å²) in [4.78, 5) is 39.4. The highest BCUT2D eigenvalue weighted by Gasteiger charge is 2.33. The van der Waals surface area contributed by atoms with E-state index in [9.17, 15) is 29.7 Å². The minimum absolute atomic E-state index is 0.104. The van der Waals surface area contributed by atoms with Gasteiger partial charge in [0.05, 0.1) is 36.5 Å². The summed E-state index contributed by atoms with van der Waals surface area (Å²) < 4.78 is 0. The molecule has 4 rings (SSSR count). The number of hydrogen-bond donors (Lipinski definition) is 6. The summed E-state index contributed by atoms with van der Waals surface area (Å²) in [6, 6.07) is 19.4. The smallest absolute Gasteiger partial charge is 0.250 e. The first-order chi connectivity index (χ1) is 18.7. The molecular weight excluding hydrogens is 498 g/mol. The molecule has 0 aliphatic rings. The highest BCUT2D eigenvalue weighted by atomic mass is 16.3. The molecule has 4 aromatic rings. The molecule has 0 aliphatic heterocycles. The van der Waals surface area contributed by atoms with E-state index in [0.717, 1.165) is 0 Å². The van der Waals surface area contributed by atoms with Crippen LogP contribution in [0.25, 0.3) is 33.4 Å². The van der Waals surface area contributed by atoms with Gasteiger partial charge >= 0.3 is 0 Å². The number of carbonyl (C=O) groups is 3. The van der Waals surface area contributed by atoms with Gasteiger partial charge in [-0.3, -0.25) is 14.4 Å². The molecule has 0 heterocycles. The molecule has 0 aliphatic carbocycles. The van der Waals surface area contributed by atoms with Crippen LogP contribution in [0.2, 0.25) is 0 Å². The lowest BCUT2D eigenvalue weighted by molar-refractivity contribution is 0.0999. The van der Waals surface area contributed by atoms with Gasteiger partial charge < -0.3 is 32.5 Å². The Morgan fingerprint density at radius 2 is 0.641 bits per heavy atom. The van der Waals surface area contributed by atoms with Gasteiger partial charge in [0.25, 0.3) is 0 Å². The van der Waals surface area contributed by atoms with Crippen LogP contribution in [0.1, 0.15) is 47.8 Å². The second kappa shape index (κ2) is 11.3. The number of hydrogen-bond acceptors (Lipinski definition) is 6. The number of nitrogens with two attached hydrogens (primary N) is 3. The lowest BCUT2D eigenvalue weighted by Gasteiger charge is -2.24. The third kappa shape index (κ3) is 5.14. The van der Waals surface area contributed by atoms with Crippen LogP contribution < -0.4 is 17.2 Å². The molecule has 9 heteroatoms. The molecule has 0 unspecified atom stereocenters. The van der Waals surface area contributed by atoms with Crippen molar-refractivity contribution >= 4 is 17.7 Å². The van der Waals surface area contributed by atoms with Crippen molar-refractivity contribution in [2.45, 2.75) is 19.8 Å². The van der Waals surface area contributed by atoms with E-state index in [0.29, 0.717) is 33.4 Å². The van der Waals surface area contributed by atoms with Gasteiger partial charge in [-0.05, 0) is 33.4 Å². The predicted molar refractivity (Wildman–Crippen MR) is 146 cm³/mol. The number of benzene rings is 4. The topological polar surface area (TPSA) is 190 Å². The summed E-state index contributed by atoms with van der Waals surface area (Å²) in [5, 5.41) is 28.6. The number of amides is 3. The molecule has 0 radical (unpaired) electrons. The van der Waals surface area contributed by atoms with E-state index in [-0.39, 0.29) is 53.2 Å². The maximum Gasteiger partial charge on any atom is 0.250 e. The van der Waals surface area contributed by atoms with Crippen molar-refractivity contribution in [1.29, 1.82) is 0 Å². The first-order valence-corrected chi connectivity index (χ1v) is 12.0. The molecule has 4 aromatic carbocycles. The van der Waals surface area contributed by atoms with Gasteiger partial charge in [0.15, 0.2) is 0 Å². The summed E-state index contributed by atoms with van der Waals surface area (Å²) in [5.74, 6) is -2.78. The molecule has 3 amide bonds. The van der Waals surface area contributed by atoms with Gasteiger partial charge in [-0.1, -0.05) is 72.8 Å². The third-order valence-corrected chi connectivity index (χ3v) is 6.51. The van der Waals surface area contributed by atoms with Crippen LogP contribution in [0, 0.1) is 0 Å². The van der Waals surface area contributed by atoms with Crippen LogP contribution in [0.15, 0.2) is 72.8 Å². The Morgan fingerprint density at radius 3 is 0.795 bits per heavy atom. The normalized spacial score (nSPS) is 10.8. The van der Waals surface area contributed by atoms with Crippen LogP contribution in [-0.2, 0) is 19.8 Å². The Hall–Kier alpha value is -4.83. The minimum Gasteiger partial charge on any atom is -0.392 e. The van der Waals surface area contributed by atoms with Gasteiger partial charge in [0, 0.05) is 16.7 Å². The van der Waals surface area contributed by atoms with E-state index in [1.807, 2.05) is 0 Å². The van der Waals surface area contributed by atoms with Crippen LogP contribution in [-0.4, -0.2) is 33.0 Å². The Labute approximate surface area is 224 Å². The van der Waals surface area contributed by atoms with Crippen molar-refractivity contribution < 1.29 is 29.7 Å². The Bertz CT molecular complexity index is 1350. The Kier molecular flexibility index (Phi) is 7.87. The molecule has 0 fully saturated rings. The average molecular weight is 526 g/mol. The predicted octanol–water partition coefficient (Wildman–Crippen LogP) is 2.46. The molecule has 0 saturated carbocycles. The summed E-state index contributed by atoms with van der Waals surface area (Å²) in [6.45, 7) is -0.675. The van der Waals surface area contributed by atoms with Gasteiger partial charge in [-0.15, -0.1) is 0 Å². The highest BCUT2D eigenvalue weighted by Crippen LogP contribution is 2.44.